The van der Waals surface area contributed by atoms with Gasteiger partial charge in [0, 0.05) is 67.1 Å². The Balaban J connectivity index is 1.52. The molecule has 1 fully saturated rings. The first kappa shape index (κ1) is 32.6. The molecule has 1 aliphatic heterocycles. The van der Waals surface area contributed by atoms with Crippen molar-refractivity contribution in [1.82, 2.24) is 0 Å². The van der Waals surface area contributed by atoms with Gasteiger partial charge in [-0.3, -0.25) is 39.4 Å². The largest absolute Gasteiger partial charge is 0.507 e. The number of methoxy groups -OCH3 is 2. The zero-order chi connectivity index (χ0) is 34.9. The van der Waals surface area contributed by atoms with E-state index in [1.807, 2.05) is 0 Å². The first-order valence-electron chi connectivity index (χ1n) is 14.6. The summed E-state index contributed by atoms with van der Waals surface area (Å²) >= 11 is 3.16. The van der Waals surface area contributed by atoms with E-state index < -0.39 is 68.3 Å². The molecule has 2 aromatic rings. The van der Waals surface area contributed by atoms with E-state index in [0.29, 0.717) is 5.57 Å². The third-order valence-electron chi connectivity index (χ3n) is 9.32. The SMILES string of the molecule is COc1cc(O)c([C@H]2C3=CC[C@@H]4C(=O)N(c5cc([N+](=O)[O-])c(N(C)C)c([N+](=O)[O-])c5)C(=O)[C@@H]4[C@@H]3CC3=C2C(=O)C=C(Br)C3=O)c(OC)c1. The first-order chi connectivity index (χ1) is 22.7. The van der Waals surface area contributed by atoms with Gasteiger partial charge >= 0.3 is 11.4 Å². The predicted octanol–water partition coefficient (Wildman–Crippen LogP) is 4.26. The van der Waals surface area contributed by atoms with Gasteiger partial charge in [0.2, 0.25) is 11.8 Å². The molecule has 1 saturated heterocycles. The number of halogens is 1. The molecule has 0 spiro atoms. The number of phenolic OH excluding ortho intramolecular Hbond substituents is 1. The van der Waals surface area contributed by atoms with Gasteiger partial charge in [0.05, 0.1) is 46.1 Å². The van der Waals surface area contributed by atoms with Crippen LogP contribution in [0.5, 0.6) is 17.2 Å². The fourth-order valence-corrected chi connectivity index (χ4v) is 7.86. The molecule has 248 valence electrons. The Kier molecular flexibility index (Phi) is 7.93. The zero-order valence-corrected chi connectivity index (χ0v) is 27.5. The highest BCUT2D eigenvalue weighted by molar-refractivity contribution is 9.12. The molecular weight excluding hydrogens is 696 g/mol. The van der Waals surface area contributed by atoms with Crippen molar-refractivity contribution in [2.24, 2.45) is 17.8 Å². The summed E-state index contributed by atoms with van der Waals surface area (Å²) in [5, 5.41) is 35.3. The number of imide groups is 1. The molecule has 0 aromatic heterocycles. The number of hydrogen-bond acceptors (Lipinski definition) is 12. The summed E-state index contributed by atoms with van der Waals surface area (Å²) in [6, 6.07) is 4.76. The van der Waals surface area contributed by atoms with Crippen molar-refractivity contribution in [2.75, 3.05) is 38.1 Å². The maximum absolute atomic E-state index is 14.3. The van der Waals surface area contributed by atoms with E-state index >= 15 is 0 Å². The van der Waals surface area contributed by atoms with Crippen LogP contribution in [-0.2, 0) is 19.2 Å². The smallest absolute Gasteiger partial charge is 0.301 e. The number of rotatable bonds is 7. The number of ether oxygens (including phenoxy) is 2. The van der Waals surface area contributed by atoms with Crippen molar-refractivity contribution < 1.29 is 43.6 Å². The molecule has 48 heavy (non-hydrogen) atoms. The molecule has 0 saturated carbocycles. The first-order valence-corrected chi connectivity index (χ1v) is 15.4. The highest BCUT2D eigenvalue weighted by Crippen LogP contribution is 2.58. The van der Waals surface area contributed by atoms with E-state index in [1.54, 1.807) is 6.08 Å². The maximum atomic E-state index is 14.3. The molecule has 4 aliphatic rings. The van der Waals surface area contributed by atoms with Crippen LogP contribution >= 0.6 is 15.9 Å². The summed E-state index contributed by atoms with van der Waals surface area (Å²) in [4.78, 5) is 79.7. The molecule has 16 heteroatoms. The second kappa shape index (κ2) is 11.7. The molecule has 3 aliphatic carbocycles. The van der Waals surface area contributed by atoms with Crippen molar-refractivity contribution in [3.05, 3.63) is 83.4 Å². The van der Waals surface area contributed by atoms with Gasteiger partial charge in [0.15, 0.2) is 17.3 Å². The average molecular weight is 723 g/mol. The third kappa shape index (κ3) is 4.77. The number of ketones is 2. The Morgan fingerprint density at radius 3 is 2.17 bits per heavy atom. The quantitative estimate of drug-likeness (QED) is 0.140. The standard InChI is InChI=1S/C32H27BrN4O11/c1-34(2)29-20(36(43)44)7-13(8-21(29)37(45)46)35-31(41)16-6-5-15-17(25(16)32(35)42)11-18-26(23(39)12-19(33)30(18)40)27(15)28-22(38)9-14(47-3)10-24(28)48-4/h5,7-10,12,16-17,25,27,38H,6,11H2,1-4H3/t16-,17+,25-,27-/m0/s1. The van der Waals surface area contributed by atoms with Crippen molar-refractivity contribution in [3.63, 3.8) is 0 Å². The monoisotopic (exact) mass is 722 g/mol. The van der Waals surface area contributed by atoms with Gasteiger partial charge in [-0.05, 0) is 34.7 Å². The summed E-state index contributed by atoms with van der Waals surface area (Å²) in [6.07, 6.45) is 2.77. The number of benzene rings is 2. The number of carbonyl (C=O) groups excluding carboxylic acids is 4. The number of allylic oxidation sites excluding steroid dienone is 6. The van der Waals surface area contributed by atoms with Gasteiger partial charge in [0.1, 0.15) is 17.2 Å². The Hall–Kier alpha value is -5.38. The summed E-state index contributed by atoms with van der Waals surface area (Å²) in [5.74, 6) is -6.30. The number of hydrogen-bond donors (Lipinski definition) is 1. The molecule has 2 aromatic carbocycles. The highest BCUT2D eigenvalue weighted by atomic mass is 79.9. The van der Waals surface area contributed by atoms with E-state index in [4.69, 9.17) is 9.47 Å². The van der Waals surface area contributed by atoms with Crippen LogP contribution in [0.4, 0.5) is 22.7 Å². The van der Waals surface area contributed by atoms with Gasteiger partial charge in [-0.1, -0.05) is 11.6 Å². The minimum Gasteiger partial charge on any atom is -0.507 e. The average Bonchev–Trinajstić information content (AvgIpc) is 3.30. The number of phenols is 1. The van der Waals surface area contributed by atoms with Crippen molar-refractivity contribution in [2.45, 2.75) is 18.8 Å². The summed E-state index contributed by atoms with van der Waals surface area (Å²) < 4.78 is 10.9. The zero-order valence-electron chi connectivity index (χ0n) is 25.9. The lowest BCUT2D eigenvalue weighted by atomic mass is 9.59. The van der Waals surface area contributed by atoms with Gasteiger partial charge < -0.3 is 19.5 Å². The van der Waals surface area contributed by atoms with Crippen molar-refractivity contribution >= 4 is 62.1 Å². The van der Waals surface area contributed by atoms with Crippen LogP contribution < -0.4 is 19.3 Å². The molecule has 6 rings (SSSR count). The number of fused-ring (bicyclic) bond motifs is 3. The molecule has 15 nitrogen and oxygen atoms in total. The number of amides is 2. The van der Waals surface area contributed by atoms with Crippen LogP contribution in [0.3, 0.4) is 0 Å². The molecular formula is C32H27BrN4O11. The van der Waals surface area contributed by atoms with E-state index in [0.717, 1.165) is 23.1 Å². The molecule has 2 amide bonds. The number of aromatic hydroxyl groups is 1. The summed E-state index contributed by atoms with van der Waals surface area (Å²) in [7, 11) is 5.55. The van der Waals surface area contributed by atoms with Crippen molar-refractivity contribution in [3.8, 4) is 17.2 Å². The van der Waals surface area contributed by atoms with E-state index in [9.17, 15) is 44.5 Å². The number of anilines is 2. The van der Waals surface area contributed by atoms with Gasteiger partial charge in [0.25, 0.3) is 0 Å². The summed E-state index contributed by atoms with van der Waals surface area (Å²) in [6.45, 7) is 0. The maximum Gasteiger partial charge on any atom is 0.301 e. The molecule has 1 heterocycles. The Labute approximate surface area is 280 Å². The predicted molar refractivity (Wildman–Crippen MR) is 172 cm³/mol. The normalized spacial score (nSPS) is 23.2. The second-order valence-electron chi connectivity index (χ2n) is 11.9. The van der Waals surface area contributed by atoms with Crippen LogP contribution in [-0.4, -0.2) is 66.6 Å². The van der Waals surface area contributed by atoms with Gasteiger partial charge in [-0.2, -0.15) is 0 Å². The highest BCUT2D eigenvalue weighted by Gasteiger charge is 2.57. The number of Topliss-reactive ketones (excluding diaryl/α,β-unsaturated/α-hetero) is 1. The number of nitro benzene ring substituents is 2. The second-order valence-corrected chi connectivity index (χ2v) is 12.8. The van der Waals surface area contributed by atoms with E-state index in [1.165, 1.54) is 45.3 Å². The van der Waals surface area contributed by atoms with E-state index in [2.05, 4.69) is 15.9 Å². The fourth-order valence-electron chi connectivity index (χ4n) is 7.41. The molecule has 0 radical (unpaired) electrons. The molecule has 4 atom stereocenters. The lowest BCUT2D eigenvalue weighted by Crippen LogP contribution is -2.39. The Bertz CT molecular complexity index is 1950. The fraction of sp³-hybridized carbons (Fsp3) is 0.312. The minimum atomic E-state index is -1.10. The topological polar surface area (TPSA) is 200 Å². The van der Waals surface area contributed by atoms with Crippen LogP contribution in [0.25, 0.3) is 0 Å². The Morgan fingerprint density at radius 2 is 1.60 bits per heavy atom. The molecule has 1 N–H and O–H groups in total. The number of nitro groups is 2. The van der Waals surface area contributed by atoms with Crippen LogP contribution in [0.1, 0.15) is 24.3 Å². The minimum absolute atomic E-state index is 0.00626. The third-order valence-corrected chi connectivity index (χ3v) is 9.91. The Morgan fingerprint density at radius 1 is 0.958 bits per heavy atom. The van der Waals surface area contributed by atoms with Crippen molar-refractivity contribution in [1.29, 1.82) is 0 Å². The van der Waals surface area contributed by atoms with Gasteiger partial charge in [-0.15, -0.1) is 0 Å². The van der Waals surface area contributed by atoms with Crippen LogP contribution in [0.15, 0.2) is 57.6 Å². The molecule has 0 bridgehead atoms. The molecule has 0 unspecified atom stereocenters. The lowest BCUT2D eigenvalue weighted by Gasteiger charge is -2.42. The summed E-state index contributed by atoms with van der Waals surface area (Å²) in [5.41, 5.74) is -1.12. The van der Waals surface area contributed by atoms with Gasteiger partial charge in [-0.25, -0.2) is 4.90 Å². The number of carbonyl (C=O) groups is 4. The van der Waals surface area contributed by atoms with E-state index in [-0.39, 0.29) is 62.7 Å². The van der Waals surface area contributed by atoms with Crippen LogP contribution in [0, 0.1) is 38.0 Å². The van der Waals surface area contributed by atoms with Crippen LogP contribution in [0.2, 0.25) is 0 Å². The lowest BCUT2D eigenvalue weighted by molar-refractivity contribution is -0.392. The number of nitrogens with zero attached hydrogens (tertiary/aromatic N) is 4.